The lowest BCUT2D eigenvalue weighted by molar-refractivity contribution is -0.160. The second-order valence-electron chi connectivity index (χ2n) is 14.5. The highest BCUT2D eigenvalue weighted by Crippen LogP contribution is 2.45. The number of hydrogen-bond donors (Lipinski definition) is 1. The van der Waals surface area contributed by atoms with Crippen molar-refractivity contribution in [3.8, 4) is 16.9 Å². The predicted octanol–water partition coefficient (Wildman–Crippen LogP) is 8.15. The molecule has 5 rings (SSSR count). The van der Waals surface area contributed by atoms with Crippen LogP contribution in [-0.4, -0.2) is 53.3 Å². The summed E-state index contributed by atoms with van der Waals surface area (Å²) in [7, 11) is 1.66. The normalized spacial score (nSPS) is 17.6. The lowest BCUT2D eigenvalue weighted by Crippen LogP contribution is -2.39. The molecule has 0 spiro atoms. The summed E-state index contributed by atoms with van der Waals surface area (Å²) >= 11 is 6.34. The van der Waals surface area contributed by atoms with Crippen molar-refractivity contribution >= 4 is 23.3 Å². The number of carbonyl (C=O) groups is 1. The largest absolute Gasteiger partial charge is 0.497 e. The summed E-state index contributed by atoms with van der Waals surface area (Å²) < 4.78 is 11.7. The number of pyridine rings is 1. The maximum atomic E-state index is 12.8. The van der Waals surface area contributed by atoms with Crippen LogP contribution < -0.4 is 9.64 Å². The number of aryl methyl sites for hydroxylation is 2. The van der Waals surface area contributed by atoms with Crippen LogP contribution in [0.3, 0.4) is 0 Å². The highest BCUT2D eigenvalue weighted by Gasteiger charge is 2.36. The van der Waals surface area contributed by atoms with E-state index in [0.29, 0.717) is 16.3 Å². The molecular weight excluding hydrogens is 586 g/mol. The third-order valence-electron chi connectivity index (χ3n) is 9.13. The number of aromatic nitrogens is 1. The van der Waals surface area contributed by atoms with Crippen molar-refractivity contribution in [2.24, 2.45) is 5.41 Å². The quantitative estimate of drug-likeness (QED) is 0.268. The molecule has 3 aromatic rings. The van der Waals surface area contributed by atoms with E-state index in [-0.39, 0.29) is 5.41 Å². The van der Waals surface area contributed by atoms with Gasteiger partial charge in [0.2, 0.25) is 0 Å². The fraction of sp³-hybridized carbons (Fsp3) is 0.514. The van der Waals surface area contributed by atoms with Crippen LogP contribution in [0.1, 0.15) is 87.2 Å². The third kappa shape index (κ3) is 7.65. The third-order valence-corrected chi connectivity index (χ3v) is 9.35. The van der Waals surface area contributed by atoms with E-state index in [1.807, 2.05) is 52.8 Å². The van der Waals surface area contributed by atoms with Gasteiger partial charge >= 0.3 is 5.97 Å². The molecule has 242 valence electrons. The molecule has 3 heterocycles. The van der Waals surface area contributed by atoms with E-state index in [4.69, 9.17) is 26.1 Å². The van der Waals surface area contributed by atoms with Gasteiger partial charge in [0.1, 0.15) is 5.75 Å². The highest BCUT2D eigenvalue weighted by molar-refractivity contribution is 6.30. The average molecular weight is 634 g/mol. The van der Waals surface area contributed by atoms with E-state index >= 15 is 0 Å². The molecule has 1 saturated heterocycles. The van der Waals surface area contributed by atoms with Crippen molar-refractivity contribution in [2.45, 2.75) is 92.5 Å². The number of ether oxygens (including phenoxy) is 2. The minimum Gasteiger partial charge on any atom is -0.497 e. The van der Waals surface area contributed by atoms with Crippen molar-refractivity contribution in [1.29, 1.82) is 0 Å². The molecular formula is C37H48ClN3O4. The zero-order valence-electron chi connectivity index (χ0n) is 28.1. The van der Waals surface area contributed by atoms with Gasteiger partial charge in [0.15, 0.2) is 6.10 Å². The number of halogens is 1. The first kappa shape index (κ1) is 33.2. The van der Waals surface area contributed by atoms with Crippen LogP contribution in [-0.2, 0) is 29.0 Å². The Morgan fingerprint density at radius 2 is 1.76 bits per heavy atom. The van der Waals surface area contributed by atoms with Crippen molar-refractivity contribution in [1.82, 2.24) is 9.88 Å². The molecule has 2 aliphatic rings. The summed E-state index contributed by atoms with van der Waals surface area (Å²) in [5.41, 5.74) is 8.68. The molecule has 7 nitrogen and oxygen atoms in total. The van der Waals surface area contributed by atoms with E-state index in [1.54, 1.807) is 7.11 Å². The number of anilines is 1. The van der Waals surface area contributed by atoms with Gasteiger partial charge in [0, 0.05) is 60.3 Å². The predicted molar refractivity (Wildman–Crippen MR) is 181 cm³/mol. The fourth-order valence-corrected chi connectivity index (χ4v) is 6.99. The lowest BCUT2D eigenvalue weighted by Gasteiger charge is -2.41. The van der Waals surface area contributed by atoms with E-state index in [0.717, 1.165) is 85.8 Å². The molecule has 45 heavy (non-hydrogen) atoms. The van der Waals surface area contributed by atoms with Crippen LogP contribution in [0.4, 0.5) is 5.69 Å². The monoisotopic (exact) mass is 633 g/mol. The van der Waals surface area contributed by atoms with Crippen molar-refractivity contribution in [2.75, 3.05) is 31.6 Å². The molecule has 8 heteroatoms. The number of fused-ring (bicyclic) bond motifs is 1. The number of aliphatic carboxylic acids is 1. The van der Waals surface area contributed by atoms with Crippen LogP contribution in [0.15, 0.2) is 36.4 Å². The first-order valence-corrected chi connectivity index (χ1v) is 16.4. The molecule has 1 fully saturated rings. The van der Waals surface area contributed by atoms with Crippen LogP contribution in [0.25, 0.3) is 11.1 Å². The van der Waals surface area contributed by atoms with Crippen molar-refractivity contribution in [3.05, 3.63) is 75.1 Å². The van der Waals surface area contributed by atoms with Gasteiger partial charge in [-0.2, -0.15) is 0 Å². The summed E-state index contributed by atoms with van der Waals surface area (Å²) in [6, 6.07) is 12.6. The van der Waals surface area contributed by atoms with Gasteiger partial charge in [-0.3, -0.25) is 9.88 Å². The van der Waals surface area contributed by atoms with Crippen molar-refractivity contribution < 1.29 is 19.4 Å². The highest BCUT2D eigenvalue weighted by atomic mass is 35.5. The summed E-state index contributed by atoms with van der Waals surface area (Å²) in [5, 5.41) is 11.2. The maximum Gasteiger partial charge on any atom is 0.337 e. The zero-order chi connectivity index (χ0) is 32.7. The Morgan fingerprint density at radius 1 is 1.04 bits per heavy atom. The average Bonchev–Trinajstić information content (AvgIpc) is 2.95. The zero-order valence-corrected chi connectivity index (χ0v) is 28.8. The molecule has 1 atom stereocenters. The fourth-order valence-electron chi connectivity index (χ4n) is 6.75. The lowest BCUT2D eigenvalue weighted by atomic mass is 9.81. The summed E-state index contributed by atoms with van der Waals surface area (Å²) in [4.78, 5) is 22.6. The summed E-state index contributed by atoms with van der Waals surface area (Å²) in [5.74, 6) is -0.224. The molecule has 0 amide bonds. The second-order valence-corrected chi connectivity index (χ2v) is 14.9. The molecule has 0 saturated carbocycles. The molecule has 0 bridgehead atoms. The Bertz CT molecular complexity index is 1570. The number of nitrogens with zero attached hydrogens (tertiary/aromatic N) is 3. The Labute approximate surface area is 273 Å². The van der Waals surface area contributed by atoms with Gasteiger partial charge in [0.05, 0.1) is 18.4 Å². The SMILES string of the molecule is COc1cc(Cl)cc(CN2CCc3cc(-c4c(C)nc(C)c(C(OC(C)(C)C)C(=O)O)c4N4CCC(C)(C)CC4)ccc3C2)c1. The molecule has 2 aliphatic heterocycles. The first-order chi connectivity index (χ1) is 21.1. The molecule has 1 unspecified atom stereocenters. The minimum absolute atomic E-state index is 0.246. The number of methoxy groups -OCH3 is 1. The topological polar surface area (TPSA) is 75.1 Å². The van der Waals surface area contributed by atoms with Crippen LogP contribution >= 0.6 is 11.6 Å². The Hall–Kier alpha value is -3.13. The Kier molecular flexibility index (Phi) is 9.55. The standard InChI is InChI=1S/C37H48ClN3O4/c1-23-31(27-9-10-28-22-40(14-11-26(28)19-27)21-25-17-29(38)20-30(18-25)44-8)33(41-15-12-37(6,7)13-16-41)32(24(2)39-23)34(35(42)43)45-36(3,4)5/h9-10,17-20,34H,11-16,21-22H2,1-8H3,(H,42,43). The number of rotatable bonds is 8. The van der Waals surface area contributed by atoms with Crippen LogP contribution in [0, 0.1) is 19.3 Å². The molecule has 1 aromatic heterocycles. The number of hydrogen-bond acceptors (Lipinski definition) is 6. The Balaban J connectivity index is 1.55. The number of carboxylic acids is 1. The number of benzene rings is 2. The van der Waals surface area contributed by atoms with E-state index < -0.39 is 17.7 Å². The van der Waals surface area contributed by atoms with E-state index in [9.17, 15) is 9.90 Å². The second kappa shape index (κ2) is 12.9. The van der Waals surface area contributed by atoms with Gasteiger partial charge < -0.3 is 19.5 Å². The van der Waals surface area contributed by atoms with Gasteiger partial charge in [0.25, 0.3) is 0 Å². The summed E-state index contributed by atoms with van der Waals surface area (Å²) in [6.45, 7) is 18.6. The van der Waals surface area contributed by atoms with Crippen LogP contribution in [0.5, 0.6) is 5.75 Å². The Morgan fingerprint density at radius 3 is 2.40 bits per heavy atom. The maximum absolute atomic E-state index is 12.8. The van der Waals surface area contributed by atoms with Crippen molar-refractivity contribution in [3.63, 3.8) is 0 Å². The minimum atomic E-state index is -1.13. The molecule has 1 N–H and O–H groups in total. The number of carboxylic acid groups (broad SMARTS) is 1. The smallest absolute Gasteiger partial charge is 0.337 e. The van der Waals surface area contributed by atoms with Crippen LogP contribution in [0.2, 0.25) is 5.02 Å². The van der Waals surface area contributed by atoms with Gasteiger partial charge in [-0.25, -0.2) is 4.79 Å². The van der Waals surface area contributed by atoms with Gasteiger partial charge in [-0.15, -0.1) is 0 Å². The molecule has 2 aromatic carbocycles. The van der Waals surface area contributed by atoms with E-state index in [1.165, 1.54) is 11.1 Å². The van der Waals surface area contributed by atoms with Gasteiger partial charge in [-0.1, -0.05) is 43.6 Å². The molecule has 0 radical (unpaired) electrons. The van der Waals surface area contributed by atoms with Gasteiger partial charge in [-0.05, 0) is 99.7 Å². The summed E-state index contributed by atoms with van der Waals surface area (Å²) in [6.07, 6.45) is 1.85. The van der Waals surface area contributed by atoms with E-state index in [2.05, 4.69) is 41.8 Å². The number of piperidine rings is 1. The molecule has 0 aliphatic carbocycles. The first-order valence-electron chi connectivity index (χ1n) is 16.0.